The van der Waals surface area contributed by atoms with E-state index in [1.54, 1.807) is 19.9 Å². The van der Waals surface area contributed by atoms with Crippen molar-refractivity contribution < 1.29 is 14.7 Å². The van der Waals surface area contributed by atoms with Crippen LogP contribution < -0.4 is 10.9 Å². The van der Waals surface area contributed by atoms with E-state index in [1.165, 1.54) is 18.3 Å². The Labute approximate surface area is 119 Å². The monoisotopic (exact) mass is 287 g/mol. The zero-order valence-electron chi connectivity index (χ0n) is 11.4. The van der Waals surface area contributed by atoms with Crippen LogP contribution in [0.15, 0.2) is 29.2 Å². The van der Waals surface area contributed by atoms with Crippen LogP contribution in [0, 0.1) is 13.8 Å². The number of aromatic nitrogens is 2. The molecule has 0 fully saturated rings. The van der Waals surface area contributed by atoms with Crippen molar-refractivity contribution in [2.24, 2.45) is 0 Å². The second-order valence-corrected chi connectivity index (χ2v) is 4.53. The van der Waals surface area contributed by atoms with E-state index in [1.807, 2.05) is 0 Å². The van der Waals surface area contributed by atoms with Gasteiger partial charge in [-0.1, -0.05) is 0 Å². The number of nitrogens with one attached hydrogen (secondary N) is 2. The molecule has 0 aliphatic heterocycles. The highest BCUT2D eigenvalue weighted by atomic mass is 16.4. The number of carbonyl (C=O) groups is 2. The fraction of sp³-hybridized carbons (Fsp3) is 0.143. The zero-order chi connectivity index (χ0) is 15.6. The van der Waals surface area contributed by atoms with Crippen molar-refractivity contribution in [3.63, 3.8) is 0 Å². The molecule has 108 valence electrons. The van der Waals surface area contributed by atoms with Crippen molar-refractivity contribution in [3.05, 3.63) is 57.3 Å². The van der Waals surface area contributed by atoms with E-state index >= 15 is 0 Å². The molecule has 2 rings (SSSR count). The Balaban J connectivity index is 2.26. The molecule has 0 unspecified atom stereocenters. The van der Waals surface area contributed by atoms with E-state index in [4.69, 9.17) is 5.11 Å². The highest BCUT2D eigenvalue weighted by Gasteiger charge is 2.15. The first-order chi connectivity index (χ1) is 9.88. The number of amides is 1. The third kappa shape index (κ3) is 3.14. The molecule has 21 heavy (non-hydrogen) atoms. The van der Waals surface area contributed by atoms with Gasteiger partial charge in [0, 0.05) is 5.69 Å². The van der Waals surface area contributed by atoms with E-state index in [2.05, 4.69) is 15.3 Å². The van der Waals surface area contributed by atoms with Gasteiger partial charge < -0.3 is 15.4 Å². The third-order valence-corrected chi connectivity index (χ3v) is 2.83. The van der Waals surface area contributed by atoms with Crippen molar-refractivity contribution in [3.8, 4) is 0 Å². The molecule has 2 aromatic heterocycles. The van der Waals surface area contributed by atoms with Crippen LogP contribution in [0.25, 0.3) is 0 Å². The smallest absolute Gasteiger partial charge is 0.354 e. The standard InChI is InChI=1S/C14H13N3O4/c1-7-5-8(2)16-12(18)11(7)13(19)17-9-3-4-10(14(20)21)15-6-9/h3-6H,1-2H3,(H,16,18)(H,17,19)(H,20,21). The first kappa shape index (κ1) is 14.4. The number of carboxylic acid groups (broad SMARTS) is 1. The first-order valence-corrected chi connectivity index (χ1v) is 6.09. The van der Waals surface area contributed by atoms with Gasteiger partial charge in [0.25, 0.3) is 11.5 Å². The molecule has 0 aliphatic rings. The van der Waals surface area contributed by atoms with Crippen molar-refractivity contribution in [2.75, 3.05) is 5.32 Å². The van der Waals surface area contributed by atoms with Gasteiger partial charge in [0.2, 0.25) is 0 Å². The van der Waals surface area contributed by atoms with E-state index in [0.29, 0.717) is 16.9 Å². The van der Waals surface area contributed by atoms with E-state index in [0.717, 1.165) is 0 Å². The number of hydrogen-bond acceptors (Lipinski definition) is 4. The molecule has 0 saturated carbocycles. The van der Waals surface area contributed by atoms with Gasteiger partial charge in [-0.15, -0.1) is 0 Å². The summed E-state index contributed by atoms with van der Waals surface area (Å²) in [4.78, 5) is 40.9. The SMILES string of the molecule is Cc1cc(C)c(C(=O)Nc2ccc(C(=O)O)nc2)c(=O)[nH]1. The minimum Gasteiger partial charge on any atom is -0.477 e. The molecule has 1 amide bonds. The number of carboxylic acids is 1. The minimum absolute atomic E-state index is 0.0166. The summed E-state index contributed by atoms with van der Waals surface area (Å²) >= 11 is 0. The molecule has 7 nitrogen and oxygen atoms in total. The summed E-state index contributed by atoms with van der Waals surface area (Å²) in [7, 11) is 0. The van der Waals surface area contributed by atoms with Crippen molar-refractivity contribution >= 4 is 17.6 Å². The van der Waals surface area contributed by atoms with Crippen molar-refractivity contribution in [1.82, 2.24) is 9.97 Å². The summed E-state index contributed by atoms with van der Waals surface area (Å²) in [5, 5.41) is 11.3. The summed E-state index contributed by atoms with van der Waals surface area (Å²) in [6.07, 6.45) is 1.22. The van der Waals surface area contributed by atoms with Gasteiger partial charge in [-0.05, 0) is 37.6 Å². The lowest BCUT2D eigenvalue weighted by Crippen LogP contribution is -2.25. The predicted octanol–water partition coefficient (Wildman–Crippen LogP) is 1.34. The molecule has 0 radical (unpaired) electrons. The summed E-state index contributed by atoms with van der Waals surface area (Å²) in [6.45, 7) is 3.40. The lowest BCUT2D eigenvalue weighted by atomic mass is 10.1. The number of carbonyl (C=O) groups excluding carboxylic acids is 1. The topological polar surface area (TPSA) is 112 Å². The third-order valence-electron chi connectivity index (χ3n) is 2.83. The number of H-pyrrole nitrogens is 1. The van der Waals surface area contributed by atoms with Crippen LogP contribution in [0.3, 0.4) is 0 Å². The van der Waals surface area contributed by atoms with Gasteiger partial charge in [0.1, 0.15) is 11.3 Å². The Morgan fingerprint density at radius 2 is 2.00 bits per heavy atom. The Bertz CT molecular complexity index is 763. The van der Waals surface area contributed by atoms with Crippen LogP contribution in [-0.2, 0) is 0 Å². The van der Waals surface area contributed by atoms with Gasteiger partial charge in [-0.2, -0.15) is 0 Å². The molecule has 0 atom stereocenters. The molecule has 2 aromatic rings. The number of aromatic carboxylic acids is 1. The van der Waals surface area contributed by atoms with Gasteiger partial charge in [0.15, 0.2) is 0 Å². The summed E-state index contributed by atoms with van der Waals surface area (Å²) in [5.41, 5.74) is 0.954. The van der Waals surface area contributed by atoms with Crippen LogP contribution in [-0.4, -0.2) is 27.0 Å². The van der Waals surface area contributed by atoms with Gasteiger partial charge in [-0.25, -0.2) is 9.78 Å². The van der Waals surface area contributed by atoms with Gasteiger partial charge in [0.05, 0.1) is 11.9 Å². The maximum Gasteiger partial charge on any atom is 0.354 e. The second-order valence-electron chi connectivity index (χ2n) is 4.53. The Hall–Kier alpha value is -2.96. The second kappa shape index (κ2) is 5.58. The lowest BCUT2D eigenvalue weighted by Gasteiger charge is -2.07. The minimum atomic E-state index is -1.15. The zero-order valence-corrected chi connectivity index (χ0v) is 11.4. The highest BCUT2D eigenvalue weighted by molar-refractivity contribution is 6.05. The van der Waals surface area contributed by atoms with Crippen LogP contribution in [0.4, 0.5) is 5.69 Å². The number of rotatable bonds is 3. The number of anilines is 1. The fourth-order valence-electron chi connectivity index (χ4n) is 1.92. The number of aromatic amines is 1. The van der Waals surface area contributed by atoms with Crippen molar-refractivity contribution in [2.45, 2.75) is 13.8 Å². The van der Waals surface area contributed by atoms with Crippen LogP contribution in [0.5, 0.6) is 0 Å². The molecule has 0 spiro atoms. The number of pyridine rings is 2. The van der Waals surface area contributed by atoms with Gasteiger partial charge in [-0.3, -0.25) is 9.59 Å². The Kier molecular flexibility index (Phi) is 3.84. The highest BCUT2D eigenvalue weighted by Crippen LogP contribution is 2.10. The number of nitrogens with zero attached hydrogens (tertiary/aromatic N) is 1. The molecule has 7 heteroatoms. The molecule has 3 N–H and O–H groups in total. The van der Waals surface area contributed by atoms with Crippen LogP contribution in [0.1, 0.15) is 32.1 Å². The van der Waals surface area contributed by atoms with Crippen LogP contribution >= 0.6 is 0 Å². The van der Waals surface area contributed by atoms with E-state index in [-0.39, 0.29) is 11.3 Å². The maximum absolute atomic E-state index is 12.1. The molecule has 0 aromatic carbocycles. The van der Waals surface area contributed by atoms with E-state index in [9.17, 15) is 14.4 Å². The molecular weight excluding hydrogens is 274 g/mol. The normalized spacial score (nSPS) is 10.2. The number of hydrogen-bond donors (Lipinski definition) is 3. The van der Waals surface area contributed by atoms with Gasteiger partial charge >= 0.3 is 5.97 Å². The Morgan fingerprint density at radius 1 is 1.29 bits per heavy atom. The average Bonchev–Trinajstić information content (AvgIpc) is 2.37. The van der Waals surface area contributed by atoms with E-state index < -0.39 is 17.4 Å². The van der Waals surface area contributed by atoms with Crippen molar-refractivity contribution in [1.29, 1.82) is 0 Å². The molecule has 0 saturated heterocycles. The number of aryl methyl sites for hydroxylation is 2. The molecule has 0 bridgehead atoms. The first-order valence-electron chi connectivity index (χ1n) is 6.09. The summed E-state index contributed by atoms with van der Waals surface area (Å²) in [6, 6.07) is 4.37. The molecule has 2 heterocycles. The largest absolute Gasteiger partial charge is 0.477 e. The fourth-order valence-corrected chi connectivity index (χ4v) is 1.92. The summed E-state index contributed by atoms with van der Waals surface area (Å²) < 4.78 is 0. The molecule has 0 aliphatic carbocycles. The predicted molar refractivity (Wildman–Crippen MR) is 75.7 cm³/mol. The average molecular weight is 287 g/mol. The summed E-state index contributed by atoms with van der Waals surface area (Å²) in [5.74, 6) is -1.72. The van der Waals surface area contributed by atoms with Crippen LogP contribution in [0.2, 0.25) is 0 Å². The quantitative estimate of drug-likeness (QED) is 0.788. The maximum atomic E-state index is 12.1. The Morgan fingerprint density at radius 3 is 2.52 bits per heavy atom. The lowest BCUT2D eigenvalue weighted by molar-refractivity contribution is 0.0690. The molecular formula is C14H13N3O4.